The van der Waals surface area contributed by atoms with E-state index in [1.807, 2.05) is 0 Å². The Hall–Kier alpha value is -3.98. The zero-order chi connectivity index (χ0) is 29.9. The highest BCUT2D eigenvalue weighted by Crippen LogP contribution is 2.64. The molecule has 0 spiro atoms. The molecule has 0 amide bonds. The van der Waals surface area contributed by atoms with Gasteiger partial charge >= 0.3 is 0 Å². The topological polar surface area (TPSA) is 6.48 Å². The molecule has 0 saturated carbocycles. The van der Waals surface area contributed by atoms with E-state index in [9.17, 15) is 0 Å². The fourth-order valence-corrected chi connectivity index (χ4v) is 9.00. The minimum Gasteiger partial charge on any atom is -0.314 e. The molecule has 0 radical (unpaired) electrons. The molecule has 0 N–H and O–H groups in total. The maximum absolute atomic E-state index is 2.64. The van der Waals surface area contributed by atoms with E-state index in [4.69, 9.17) is 0 Å². The van der Waals surface area contributed by atoms with Crippen molar-refractivity contribution in [1.29, 1.82) is 0 Å². The van der Waals surface area contributed by atoms with E-state index in [1.54, 1.807) is 16.6 Å². The molecule has 0 saturated heterocycles. The monoisotopic (exact) mass is 560 g/mol. The van der Waals surface area contributed by atoms with Crippen molar-refractivity contribution in [3.63, 3.8) is 0 Å². The van der Waals surface area contributed by atoms with Crippen molar-refractivity contribution in [3.05, 3.63) is 125 Å². The summed E-state index contributed by atoms with van der Waals surface area (Å²) in [5.74, 6) is 0. The van der Waals surface area contributed by atoms with Gasteiger partial charge < -0.3 is 9.80 Å². The lowest BCUT2D eigenvalue weighted by Crippen LogP contribution is -2.56. The molecule has 4 aromatic carbocycles. The summed E-state index contributed by atoms with van der Waals surface area (Å²) in [6.07, 6.45) is 2.37. The number of nitrogens with zero attached hydrogens (tertiary/aromatic N) is 2. The average molecular weight is 561 g/mol. The molecule has 2 aliphatic carbocycles. The lowest BCUT2D eigenvalue weighted by Gasteiger charge is -2.47. The first kappa shape index (κ1) is 26.6. The highest BCUT2D eigenvalue weighted by Gasteiger charge is 2.56. The van der Waals surface area contributed by atoms with Crippen LogP contribution in [0.1, 0.15) is 66.9 Å². The van der Waals surface area contributed by atoms with Crippen LogP contribution in [0.4, 0.5) is 28.4 Å². The van der Waals surface area contributed by atoms with Gasteiger partial charge in [-0.05, 0) is 88.1 Å². The van der Waals surface area contributed by atoms with E-state index in [-0.39, 0.29) is 23.0 Å². The first-order chi connectivity index (χ1) is 20.5. The molecule has 0 unspecified atom stereocenters. The summed E-state index contributed by atoms with van der Waals surface area (Å²) in [6.45, 7) is 17.0. The van der Waals surface area contributed by atoms with Gasteiger partial charge in [-0.15, -0.1) is 0 Å². The van der Waals surface area contributed by atoms with Crippen molar-refractivity contribution in [1.82, 2.24) is 0 Å². The third-order valence-electron chi connectivity index (χ3n) is 10.6. The quantitative estimate of drug-likeness (QED) is 0.225. The van der Waals surface area contributed by atoms with E-state index in [0.717, 1.165) is 6.42 Å². The number of para-hydroxylation sites is 2. The van der Waals surface area contributed by atoms with Gasteiger partial charge in [-0.2, -0.15) is 0 Å². The van der Waals surface area contributed by atoms with Crippen LogP contribution in [-0.4, -0.2) is 6.71 Å². The van der Waals surface area contributed by atoms with E-state index in [2.05, 4.69) is 155 Å². The van der Waals surface area contributed by atoms with Crippen LogP contribution >= 0.6 is 0 Å². The van der Waals surface area contributed by atoms with E-state index in [1.165, 1.54) is 57.0 Å². The van der Waals surface area contributed by atoms with Crippen LogP contribution in [0.3, 0.4) is 0 Å². The standard InChI is InChI=1S/C40H41BN2/c1-38(2,3)26-20-22-28(23-21-26)43-33-19-13-18-32-35(33)41(34-29-24-25-39(4,5)36(29)40(6,7)37(34)43)30-16-11-12-17-31(30)42(32)27-14-9-8-10-15-27/h8-23H,24-25H2,1-7H3. The number of hydrogen-bond acceptors (Lipinski definition) is 2. The van der Waals surface area contributed by atoms with Crippen LogP contribution in [0.15, 0.2) is 119 Å². The average Bonchev–Trinajstić information content (AvgIpc) is 3.44. The Labute approximate surface area is 257 Å². The first-order valence-electron chi connectivity index (χ1n) is 16.0. The molecule has 43 heavy (non-hydrogen) atoms. The van der Waals surface area contributed by atoms with Gasteiger partial charge in [-0.3, -0.25) is 0 Å². The molecule has 3 heteroatoms. The summed E-state index contributed by atoms with van der Waals surface area (Å²) < 4.78 is 0. The molecule has 8 rings (SSSR count). The summed E-state index contributed by atoms with van der Waals surface area (Å²) >= 11 is 0. The number of hydrogen-bond donors (Lipinski definition) is 0. The number of fused-ring (bicyclic) bond motifs is 4. The highest BCUT2D eigenvalue weighted by atomic mass is 15.2. The minimum atomic E-state index is -0.0768. The number of rotatable bonds is 2. The molecule has 2 nitrogen and oxygen atoms in total. The van der Waals surface area contributed by atoms with E-state index in [0.29, 0.717) is 0 Å². The predicted molar refractivity (Wildman–Crippen MR) is 184 cm³/mol. The Kier molecular flexibility index (Phi) is 5.44. The fraction of sp³-hybridized carbons (Fsp3) is 0.300. The van der Waals surface area contributed by atoms with Gasteiger partial charge in [0.1, 0.15) is 0 Å². The van der Waals surface area contributed by atoms with Crippen LogP contribution in [0.25, 0.3) is 0 Å². The molecule has 0 bridgehead atoms. The molecule has 214 valence electrons. The normalized spacial score (nSPS) is 19.4. The first-order valence-corrected chi connectivity index (χ1v) is 16.0. The lowest BCUT2D eigenvalue weighted by atomic mass is 9.32. The summed E-state index contributed by atoms with van der Waals surface area (Å²) in [4.78, 5) is 5.13. The molecule has 2 heterocycles. The minimum absolute atomic E-state index is 0.0768. The molecule has 0 atom stereocenters. The van der Waals surface area contributed by atoms with Gasteiger partial charge in [0.25, 0.3) is 6.71 Å². The van der Waals surface area contributed by atoms with Crippen LogP contribution in [0, 0.1) is 10.8 Å². The SMILES string of the molecule is CC1(C)CCC2=C1C(C)(C)C1=C2B2c3ccccc3N(c3ccccc3)c3cccc(c32)N1c1ccc(C(C)(C)C)cc1. The number of allylic oxidation sites excluding steroid dienone is 3. The van der Waals surface area contributed by atoms with Crippen molar-refractivity contribution in [2.24, 2.45) is 10.8 Å². The van der Waals surface area contributed by atoms with Gasteiger partial charge in [-0.1, -0.05) is 114 Å². The summed E-state index contributed by atoms with van der Waals surface area (Å²) in [5.41, 5.74) is 17.1. The number of anilines is 5. The second-order valence-corrected chi connectivity index (χ2v) is 15.1. The molecule has 0 fully saturated rings. The van der Waals surface area contributed by atoms with Crippen molar-refractivity contribution in [2.45, 2.75) is 66.7 Å². The molecule has 2 aliphatic heterocycles. The maximum atomic E-state index is 2.64. The summed E-state index contributed by atoms with van der Waals surface area (Å²) in [6, 6.07) is 36.4. The highest BCUT2D eigenvalue weighted by molar-refractivity contribution is 6.96. The summed E-state index contributed by atoms with van der Waals surface area (Å²) in [5, 5.41) is 0. The third-order valence-corrected chi connectivity index (χ3v) is 10.6. The van der Waals surface area contributed by atoms with Crippen molar-refractivity contribution in [3.8, 4) is 0 Å². The van der Waals surface area contributed by atoms with Crippen molar-refractivity contribution < 1.29 is 0 Å². The molecular weight excluding hydrogens is 519 g/mol. The Bertz CT molecular complexity index is 1850. The predicted octanol–water partition coefficient (Wildman–Crippen LogP) is 9.48. The third kappa shape index (κ3) is 3.60. The molecule has 4 aliphatic rings. The Morgan fingerprint density at radius 3 is 1.95 bits per heavy atom. The van der Waals surface area contributed by atoms with Crippen LogP contribution in [-0.2, 0) is 5.41 Å². The van der Waals surface area contributed by atoms with Crippen LogP contribution in [0.5, 0.6) is 0 Å². The Balaban J connectivity index is 1.46. The molecular formula is C40H41BN2. The molecule has 0 aromatic heterocycles. The van der Waals surface area contributed by atoms with Gasteiger partial charge in [0.15, 0.2) is 0 Å². The zero-order valence-corrected chi connectivity index (χ0v) is 26.6. The largest absolute Gasteiger partial charge is 0.314 e. The second-order valence-electron chi connectivity index (χ2n) is 15.1. The fourth-order valence-electron chi connectivity index (χ4n) is 9.00. The van der Waals surface area contributed by atoms with E-state index < -0.39 is 0 Å². The zero-order valence-electron chi connectivity index (χ0n) is 26.6. The van der Waals surface area contributed by atoms with Crippen molar-refractivity contribution in [2.75, 3.05) is 9.80 Å². The van der Waals surface area contributed by atoms with Gasteiger partial charge in [0.05, 0.1) is 0 Å². The van der Waals surface area contributed by atoms with Crippen LogP contribution in [0.2, 0.25) is 0 Å². The lowest BCUT2D eigenvalue weighted by molar-refractivity contribution is 0.355. The Morgan fingerprint density at radius 2 is 1.26 bits per heavy atom. The van der Waals surface area contributed by atoms with Gasteiger partial charge in [0.2, 0.25) is 0 Å². The smallest absolute Gasteiger partial charge is 0.252 e. The maximum Gasteiger partial charge on any atom is 0.252 e. The number of benzene rings is 4. The van der Waals surface area contributed by atoms with Crippen LogP contribution < -0.4 is 20.7 Å². The summed E-state index contributed by atoms with van der Waals surface area (Å²) in [7, 11) is 0. The van der Waals surface area contributed by atoms with E-state index >= 15 is 0 Å². The Morgan fingerprint density at radius 1 is 0.651 bits per heavy atom. The van der Waals surface area contributed by atoms with Gasteiger partial charge in [-0.25, -0.2) is 0 Å². The van der Waals surface area contributed by atoms with Gasteiger partial charge in [0, 0.05) is 39.5 Å². The second kappa shape index (κ2) is 8.79. The van der Waals surface area contributed by atoms with Crippen molar-refractivity contribution >= 4 is 46.1 Å². The molecule has 4 aromatic rings.